The van der Waals surface area contributed by atoms with Gasteiger partial charge in [-0.15, -0.1) is 0 Å². The van der Waals surface area contributed by atoms with Gasteiger partial charge in [-0.3, -0.25) is 0 Å². The fraction of sp³-hybridized carbons (Fsp3) is 0.294. The van der Waals surface area contributed by atoms with Gasteiger partial charge in [0.1, 0.15) is 0 Å². The molecule has 0 unspecified atom stereocenters. The fourth-order valence-electron chi connectivity index (χ4n) is 2.33. The predicted octanol–water partition coefficient (Wildman–Crippen LogP) is 4.22. The Balaban J connectivity index is 2.38. The van der Waals surface area contributed by atoms with E-state index in [1.165, 1.54) is 32.4 Å². The zero-order chi connectivity index (χ0) is 22.0. The SMILES string of the molecule is COc1ccc(CNS(=O)(=O)c2cc(C(F)(F)F)cc(C(F)(F)F)c2)cc1OC. The standard InChI is InChI=1S/C17H15F6NO4S/c1-27-14-4-3-10(5-15(14)28-2)9-24-29(25,26)13-7-11(16(18,19)20)6-12(8-13)17(21,22)23/h3-8,24H,9H2,1-2H3. The van der Waals surface area contributed by atoms with Crippen molar-refractivity contribution in [3.63, 3.8) is 0 Å². The number of hydrogen-bond donors (Lipinski definition) is 1. The van der Waals surface area contributed by atoms with Gasteiger partial charge in [0.05, 0.1) is 30.2 Å². The van der Waals surface area contributed by atoms with E-state index in [1.54, 1.807) is 0 Å². The number of methoxy groups -OCH3 is 2. The highest BCUT2D eigenvalue weighted by Crippen LogP contribution is 2.37. The van der Waals surface area contributed by atoms with E-state index in [0.717, 1.165) is 0 Å². The van der Waals surface area contributed by atoms with Gasteiger partial charge in [-0.05, 0) is 35.9 Å². The van der Waals surface area contributed by atoms with Crippen molar-refractivity contribution in [2.45, 2.75) is 23.8 Å². The first-order valence-electron chi connectivity index (χ1n) is 7.78. The van der Waals surface area contributed by atoms with Crippen molar-refractivity contribution in [2.75, 3.05) is 14.2 Å². The predicted molar refractivity (Wildman–Crippen MR) is 90.0 cm³/mol. The molecule has 0 saturated carbocycles. The van der Waals surface area contributed by atoms with Gasteiger partial charge in [-0.1, -0.05) is 6.07 Å². The molecular weight excluding hydrogens is 428 g/mol. The minimum Gasteiger partial charge on any atom is -0.493 e. The summed E-state index contributed by atoms with van der Waals surface area (Å²) < 4.78 is 114. The number of hydrogen-bond acceptors (Lipinski definition) is 4. The molecule has 1 N–H and O–H groups in total. The molecule has 0 fully saturated rings. The van der Waals surface area contributed by atoms with Gasteiger partial charge in [0.2, 0.25) is 10.0 Å². The molecule has 0 amide bonds. The fourth-order valence-corrected chi connectivity index (χ4v) is 3.42. The van der Waals surface area contributed by atoms with Gasteiger partial charge in [0, 0.05) is 6.54 Å². The molecule has 0 bridgehead atoms. The Labute approximate surface area is 162 Å². The van der Waals surface area contributed by atoms with Crippen molar-refractivity contribution in [1.82, 2.24) is 4.72 Å². The lowest BCUT2D eigenvalue weighted by Crippen LogP contribution is -2.24. The average Bonchev–Trinajstić information content (AvgIpc) is 2.64. The second-order valence-corrected chi connectivity index (χ2v) is 7.52. The summed E-state index contributed by atoms with van der Waals surface area (Å²) in [5.74, 6) is 0.620. The molecule has 0 aliphatic rings. The van der Waals surface area contributed by atoms with E-state index in [-0.39, 0.29) is 23.9 Å². The highest BCUT2D eigenvalue weighted by Gasteiger charge is 2.38. The molecule has 2 aromatic carbocycles. The second-order valence-electron chi connectivity index (χ2n) is 5.76. The summed E-state index contributed by atoms with van der Waals surface area (Å²) >= 11 is 0. The molecule has 160 valence electrons. The van der Waals surface area contributed by atoms with Gasteiger partial charge in [0.25, 0.3) is 0 Å². The van der Waals surface area contributed by atoms with Crippen LogP contribution in [0.1, 0.15) is 16.7 Å². The van der Waals surface area contributed by atoms with Gasteiger partial charge >= 0.3 is 12.4 Å². The summed E-state index contributed by atoms with van der Waals surface area (Å²) in [6.07, 6.45) is -10.3. The first-order chi connectivity index (χ1) is 13.3. The summed E-state index contributed by atoms with van der Waals surface area (Å²) in [6.45, 7) is -0.402. The molecule has 5 nitrogen and oxygen atoms in total. The van der Waals surface area contributed by atoms with Crippen molar-refractivity contribution < 1.29 is 44.2 Å². The number of halogens is 6. The van der Waals surface area contributed by atoms with E-state index in [9.17, 15) is 34.8 Å². The van der Waals surface area contributed by atoms with Gasteiger partial charge in [0.15, 0.2) is 11.5 Å². The molecule has 0 saturated heterocycles. The summed E-state index contributed by atoms with van der Waals surface area (Å²) in [6, 6.07) is 4.48. The number of alkyl halides is 6. The first-order valence-corrected chi connectivity index (χ1v) is 9.26. The van der Waals surface area contributed by atoms with Crippen LogP contribution >= 0.6 is 0 Å². The molecule has 0 radical (unpaired) electrons. The van der Waals surface area contributed by atoms with Gasteiger partial charge in [-0.25, -0.2) is 13.1 Å². The minimum atomic E-state index is -5.16. The number of ether oxygens (including phenoxy) is 2. The zero-order valence-electron chi connectivity index (χ0n) is 15.0. The van der Waals surface area contributed by atoms with E-state index in [1.807, 2.05) is 4.72 Å². The topological polar surface area (TPSA) is 64.6 Å². The Hall–Kier alpha value is -2.47. The lowest BCUT2D eigenvalue weighted by Gasteiger charge is -2.15. The summed E-state index contributed by atoms with van der Waals surface area (Å²) in [5.41, 5.74) is -3.10. The third-order valence-electron chi connectivity index (χ3n) is 3.79. The van der Waals surface area contributed by atoms with Crippen LogP contribution in [-0.4, -0.2) is 22.6 Å². The largest absolute Gasteiger partial charge is 0.493 e. The molecular formula is C17H15F6NO4S. The number of benzene rings is 2. The maximum absolute atomic E-state index is 12.9. The van der Waals surface area contributed by atoms with Crippen molar-refractivity contribution in [2.24, 2.45) is 0 Å². The smallest absolute Gasteiger partial charge is 0.416 e. The van der Waals surface area contributed by atoms with Crippen molar-refractivity contribution in [1.29, 1.82) is 0 Å². The molecule has 2 aromatic rings. The molecule has 2 rings (SSSR count). The van der Waals surface area contributed by atoms with Crippen LogP contribution in [0.3, 0.4) is 0 Å². The van der Waals surface area contributed by atoms with E-state index < -0.39 is 44.9 Å². The second kappa shape index (κ2) is 8.11. The lowest BCUT2D eigenvalue weighted by molar-refractivity contribution is -0.143. The third kappa shape index (κ3) is 5.54. The number of rotatable bonds is 6. The van der Waals surface area contributed by atoms with Crippen LogP contribution in [0.25, 0.3) is 0 Å². The van der Waals surface area contributed by atoms with Crippen LogP contribution in [-0.2, 0) is 28.9 Å². The molecule has 0 atom stereocenters. The van der Waals surface area contributed by atoms with E-state index in [0.29, 0.717) is 11.3 Å². The number of nitrogens with one attached hydrogen (secondary N) is 1. The van der Waals surface area contributed by atoms with Crippen molar-refractivity contribution in [3.05, 3.63) is 53.1 Å². The summed E-state index contributed by atoms with van der Waals surface area (Å²) in [4.78, 5) is -1.15. The molecule has 0 spiro atoms. The molecule has 0 aromatic heterocycles. The van der Waals surface area contributed by atoms with E-state index in [2.05, 4.69) is 0 Å². The normalized spacial score (nSPS) is 12.7. The van der Waals surface area contributed by atoms with Crippen LogP contribution in [0.4, 0.5) is 26.3 Å². The lowest BCUT2D eigenvalue weighted by atomic mass is 10.1. The minimum absolute atomic E-state index is 0.145. The highest BCUT2D eigenvalue weighted by molar-refractivity contribution is 7.89. The first kappa shape index (κ1) is 22.8. The van der Waals surface area contributed by atoms with E-state index in [4.69, 9.17) is 9.47 Å². The van der Waals surface area contributed by atoms with Gasteiger partial charge < -0.3 is 9.47 Å². The number of sulfonamides is 1. The quantitative estimate of drug-likeness (QED) is 0.680. The van der Waals surface area contributed by atoms with Crippen LogP contribution in [0.15, 0.2) is 41.3 Å². The van der Waals surface area contributed by atoms with Crippen molar-refractivity contribution >= 4 is 10.0 Å². The van der Waals surface area contributed by atoms with Crippen LogP contribution in [0.2, 0.25) is 0 Å². The highest BCUT2D eigenvalue weighted by atomic mass is 32.2. The third-order valence-corrected chi connectivity index (χ3v) is 5.17. The summed E-state index contributed by atoms with van der Waals surface area (Å²) in [5, 5.41) is 0. The Bertz CT molecular complexity index is 954. The van der Waals surface area contributed by atoms with Crippen molar-refractivity contribution in [3.8, 4) is 11.5 Å². The van der Waals surface area contributed by atoms with Crippen LogP contribution in [0.5, 0.6) is 11.5 Å². The summed E-state index contributed by atoms with van der Waals surface area (Å²) in [7, 11) is -1.96. The Morgan fingerprint density at radius 1 is 0.828 bits per heavy atom. The monoisotopic (exact) mass is 443 g/mol. The molecule has 12 heteroatoms. The average molecular weight is 443 g/mol. The van der Waals surface area contributed by atoms with E-state index >= 15 is 0 Å². The Morgan fingerprint density at radius 2 is 1.34 bits per heavy atom. The van der Waals surface area contributed by atoms with Crippen LogP contribution in [0, 0.1) is 0 Å². The molecule has 0 aliphatic carbocycles. The van der Waals surface area contributed by atoms with Gasteiger partial charge in [-0.2, -0.15) is 26.3 Å². The van der Waals surface area contributed by atoms with Crippen LogP contribution < -0.4 is 14.2 Å². The molecule has 0 heterocycles. The Kier molecular flexibility index (Phi) is 6.38. The Morgan fingerprint density at radius 3 is 1.79 bits per heavy atom. The maximum atomic E-state index is 12.9. The maximum Gasteiger partial charge on any atom is 0.416 e. The molecule has 0 aliphatic heterocycles. The molecule has 29 heavy (non-hydrogen) atoms. The zero-order valence-corrected chi connectivity index (χ0v) is 15.8.